The lowest BCUT2D eigenvalue weighted by atomic mass is 9.83. The van der Waals surface area contributed by atoms with Crippen LogP contribution in [0, 0.1) is 20.4 Å². The number of aryl methyl sites for hydroxylation is 1. The van der Waals surface area contributed by atoms with Crippen LogP contribution < -0.4 is 11.1 Å². The van der Waals surface area contributed by atoms with E-state index < -0.39 is 11.6 Å². The number of phenols is 1. The van der Waals surface area contributed by atoms with Crippen LogP contribution in [0.1, 0.15) is 43.0 Å². The second-order valence-corrected chi connectivity index (χ2v) is 8.53. The van der Waals surface area contributed by atoms with Crippen LogP contribution in [0.3, 0.4) is 0 Å². The Balaban J connectivity index is 1.55. The largest absolute Gasteiger partial charge is 0.507 e. The number of anilines is 3. The fourth-order valence-electron chi connectivity index (χ4n) is 4.22. The first kappa shape index (κ1) is 23.4. The number of ketones is 2. The number of hydrogen-bond donors (Lipinski definition) is 3. The molecule has 0 saturated heterocycles. The number of hydrogen-bond acceptors (Lipinski definition) is 8. The normalized spacial score (nSPS) is 12.2. The molecule has 1 heterocycles. The van der Waals surface area contributed by atoms with Gasteiger partial charge < -0.3 is 16.2 Å². The van der Waals surface area contributed by atoms with Crippen molar-refractivity contribution in [3.05, 3.63) is 105 Å². The summed E-state index contributed by atoms with van der Waals surface area (Å²) in [7, 11) is 0. The van der Waals surface area contributed by atoms with Gasteiger partial charge in [0.2, 0.25) is 5.69 Å². The number of azo groups is 1. The molecule has 0 amide bonds. The second kappa shape index (κ2) is 9.02. The van der Waals surface area contributed by atoms with Crippen molar-refractivity contribution in [1.29, 1.82) is 0 Å². The first-order valence-corrected chi connectivity index (χ1v) is 11.3. The van der Waals surface area contributed by atoms with Crippen LogP contribution in [0.4, 0.5) is 34.4 Å². The highest BCUT2D eigenvalue weighted by molar-refractivity contribution is 6.30. The number of carbonyl (C=O) groups excluding carboxylic acids is 2. The van der Waals surface area contributed by atoms with Crippen molar-refractivity contribution in [3.63, 3.8) is 0 Å². The minimum absolute atomic E-state index is 0.0308. The molecule has 0 unspecified atom stereocenters. The third-order valence-electron chi connectivity index (χ3n) is 6.12. The van der Waals surface area contributed by atoms with Crippen LogP contribution in [0.2, 0.25) is 0 Å². The lowest BCUT2D eigenvalue weighted by Gasteiger charge is -2.19. The molecule has 5 rings (SSSR count). The molecule has 1 aliphatic rings. The summed E-state index contributed by atoms with van der Waals surface area (Å²) < 4.78 is 0. The molecule has 9 nitrogen and oxygen atoms in total. The zero-order valence-electron chi connectivity index (χ0n) is 19.9. The van der Waals surface area contributed by atoms with Crippen LogP contribution in [0.25, 0.3) is 4.85 Å². The molecule has 37 heavy (non-hydrogen) atoms. The van der Waals surface area contributed by atoms with Crippen LogP contribution >= 0.6 is 0 Å². The topological polar surface area (TPSA) is 134 Å². The van der Waals surface area contributed by atoms with Crippen LogP contribution in [-0.2, 0) is 0 Å². The third-order valence-corrected chi connectivity index (χ3v) is 6.12. The molecule has 0 spiro atoms. The van der Waals surface area contributed by atoms with Gasteiger partial charge in [-0.15, -0.1) is 10.2 Å². The average molecular weight is 489 g/mol. The van der Waals surface area contributed by atoms with Crippen molar-refractivity contribution in [3.8, 4) is 5.75 Å². The van der Waals surface area contributed by atoms with Crippen molar-refractivity contribution < 1.29 is 14.7 Å². The Morgan fingerprint density at radius 1 is 0.919 bits per heavy atom. The Hall–Kier alpha value is -5.36. The van der Waals surface area contributed by atoms with E-state index in [0.29, 0.717) is 11.4 Å². The molecule has 180 valence electrons. The first-order chi connectivity index (χ1) is 17.8. The average Bonchev–Trinajstić information content (AvgIpc) is 2.88. The van der Waals surface area contributed by atoms with Gasteiger partial charge in [0.1, 0.15) is 17.3 Å². The summed E-state index contributed by atoms with van der Waals surface area (Å²) in [6.07, 6.45) is 0. The summed E-state index contributed by atoms with van der Waals surface area (Å²) >= 11 is 0. The third kappa shape index (κ3) is 3.96. The molecular weight excluding hydrogens is 468 g/mol. The molecule has 0 saturated carbocycles. The van der Waals surface area contributed by atoms with Gasteiger partial charge in [0.25, 0.3) is 0 Å². The number of nitrogens with two attached hydrogens (primary N) is 1. The predicted molar refractivity (Wildman–Crippen MR) is 140 cm³/mol. The molecule has 4 N–H and O–H groups in total. The molecule has 0 fully saturated rings. The van der Waals surface area contributed by atoms with Crippen LogP contribution in [0.15, 0.2) is 70.9 Å². The van der Waals surface area contributed by atoms with Crippen molar-refractivity contribution in [2.45, 2.75) is 13.8 Å². The molecule has 4 aromatic rings. The molecule has 0 aliphatic heterocycles. The summed E-state index contributed by atoms with van der Waals surface area (Å²) in [5.74, 6) is -0.835. The maximum Gasteiger partial charge on any atom is 0.233 e. The highest BCUT2D eigenvalue weighted by atomic mass is 16.3. The molecular formula is C28H20N6O3. The second-order valence-electron chi connectivity index (χ2n) is 8.53. The lowest BCUT2D eigenvalue weighted by Crippen LogP contribution is -2.21. The summed E-state index contributed by atoms with van der Waals surface area (Å²) in [6, 6.07) is 16.6. The fourth-order valence-corrected chi connectivity index (χ4v) is 4.22. The van der Waals surface area contributed by atoms with Gasteiger partial charge in [-0.05, 0) is 43.7 Å². The van der Waals surface area contributed by atoms with E-state index in [1.54, 1.807) is 19.1 Å². The Morgan fingerprint density at radius 3 is 2.27 bits per heavy atom. The summed E-state index contributed by atoms with van der Waals surface area (Å²) in [4.78, 5) is 34.3. The zero-order valence-corrected chi connectivity index (χ0v) is 19.9. The molecule has 0 radical (unpaired) electrons. The van der Waals surface area contributed by atoms with Crippen LogP contribution in [0.5, 0.6) is 5.75 Å². The molecule has 1 aromatic heterocycles. The Labute approximate surface area is 212 Å². The smallest absolute Gasteiger partial charge is 0.233 e. The highest BCUT2D eigenvalue weighted by Crippen LogP contribution is 2.41. The van der Waals surface area contributed by atoms with Crippen molar-refractivity contribution >= 4 is 46.0 Å². The highest BCUT2D eigenvalue weighted by Gasteiger charge is 2.33. The number of fused-ring (bicyclic) bond motifs is 2. The number of nitrogens with zero attached hydrogens (tertiary/aromatic N) is 4. The van der Waals surface area contributed by atoms with Gasteiger partial charge in [-0.3, -0.25) is 9.59 Å². The molecule has 0 bridgehead atoms. The molecule has 1 aliphatic carbocycles. The number of carbonyl (C=O) groups is 2. The first-order valence-electron chi connectivity index (χ1n) is 11.3. The van der Waals surface area contributed by atoms with E-state index in [-0.39, 0.29) is 50.9 Å². The number of nitrogen functional groups attached to an aromatic ring is 1. The number of rotatable bonds is 4. The number of aromatic nitrogens is 1. The summed E-state index contributed by atoms with van der Waals surface area (Å²) in [5.41, 5.74) is 9.36. The Kier molecular flexibility index (Phi) is 5.70. The van der Waals surface area contributed by atoms with Crippen LogP contribution in [-0.4, -0.2) is 21.7 Å². The van der Waals surface area contributed by atoms with Gasteiger partial charge in [0, 0.05) is 16.8 Å². The zero-order chi connectivity index (χ0) is 26.3. The number of pyridine rings is 1. The van der Waals surface area contributed by atoms with Gasteiger partial charge >= 0.3 is 0 Å². The Morgan fingerprint density at radius 2 is 1.57 bits per heavy atom. The number of nitrogens with one attached hydrogen (secondary N) is 1. The van der Waals surface area contributed by atoms with Gasteiger partial charge in [-0.1, -0.05) is 42.0 Å². The maximum atomic E-state index is 13.3. The lowest BCUT2D eigenvalue weighted by molar-refractivity contribution is 0.0977. The van der Waals surface area contributed by atoms with Crippen molar-refractivity contribution in [2.75, 3.05) is 11.1 Å². The number of benzene rings is 3. The van der Waals surface area contributed by atoms with E-state index in [0.717, 1.165) is 11.3 Å². The standard InChI is InChI=1S/C28H20N6O3/c1-14-10-12-16(13-11-14)31-28-24(30-3)15(2)23(27(29)32-28)34-33-19-8-4-6-17-21(19)25(36)18-7-5-9-20(35)22(18)26(17)37/h4-13,35H,1-2H3,(H3,29,31,32). The SMILES string of the molecule is [C-]#[N+]c1c(Nc2ccc(C)cc2)nc(N)c(N=Nc2cccc3c2C(=O)c2cccc(O)c2C3=O)c1C. The van der Waals surface area contributed by atoms with E-state index in [2.05, 4.69) is 25.4 Å². The maximum absolute atomic E-state index is 13.3. The summed E-state index contributed by atoms with van der Waals surface area (Å²) in [5, 5.41) is 21.8. The molecule has 0 atom stereocenters. The van der Waals surface area contributed by atoms with Gasteiger partial charge in [0.05, 0.1) is 23.4 Å². The monoisotopic (exact) mass is 488 g/mol. The van der Waals surface area contributed by atoms with E-state index in [1.165, 1.54) is 24.3 Å². The number of aromatic hydroxyl groups is 1. The van der Waals surface area contributed by atoms with Gasteiger partial charge in [-0.2, -0.15) is 0 Å². The van der Waals surface area contributed by atoms with Crippen molar-refractivity contribution in [2.24, 2.45) is 10.2 Å². The van der Waals surface area contributed by atoms with E-state index >= 15 is 0 Å². The summed E-state index contributed by atoms with van der Waals surface area (Å²) in [6.45, 7) is 11.3. The fraction of sp³-hybridized carbons (Fsp3) is 0.0714. The quantitative estimate of drug-likeness (QED) is 0.196. The molecule has 9 heteroatoms. The minimum Gasteiger partial charge on any atom is -0.507 e. The van der Waals surface area contributed by atoms with Crippen molar-refractivity contribution in [1.82, 2.24) is 4.98 Å². The molecule has 3 aromatic carbocycles. The van der Waals surface area contributed by atoms with Gasteiger partial charge in [0.15, 0.2) is 17.4 Å². The van der Waals surface area contributed by atoms with E-state index in [9.17, 15) is 14.7 Å². The van der Waals surface area contributed by atoms with Gasteiger partial charge in [-0.25, -0.2) is 9.83 Å². The minimum atomic E-state index is -0.473. The Bertz CT molecular complexity index is 1680. The number of phenolic OH excluding ortho intramolecular Hbond substituents is 1. The predicted octanol–water partition coefficient (Wildman–Crippen LogP) is 6.47. The van der Waals surface area contributed by atoms with E-state index in [1.807, 2.05) is 31.2 Å². The van der Waals surface area contributed by atoms with E-state index in [4.69, 9.17) is 12.3 Å².